The van der Waals surface area contributed by atoms with Crippen molar-refractivity contribution < 1.29 is 4.79 Å². The number of benzene rings is 1. The summed E-state index contributed by atoms with van der Waals surface area (Å²) in [5.41, 5.74) is 6.52. The number of hydrogen-bond donors (Lipinski definition) is 2. The Bertz CT molecular complexity index is 505. The van der Waals surface area contributed by atoms with E-state index < -0.39 is 12.1 Å². The largest absolute Gasteiger partial charge is 0.353 e. The molecule has 2 N–H and O–H groups in total. The molecule has 0 radical (unpaired) electrons. The van der Waals surface area contributed by atoms with E-state index in [1.807, 2.05) is 24.3 Å². The third-order valence-corrected chi connectivity index (χ3v) is 2.42. The van der Waals surface area contributed by atoms with Gasteiger partial charge in [-0.2, -0.15) is 15.4 Å². The summed E-state index contributed by atoms with van der Waals surface area (Å²) in [5.74, 6) is 0. The maximum atomic E-state index is 11.7. The van der Waals surface area contributed by atoms with Gasteiger partial charge < -0.3 is 0 Å². The summed E-state index contributed by atoms with van der Waals surface area (Å²) in [5, 5.41) is 14.2. The number of fused-ring (bicyclic) bond motifs is 1. The molecule has 1 heterocycles. The first-order valence-electron chi connectivity index (χ1n) is 5.06. The van der Waals surface area contributed by atoms with Crippen LogP contribution in [0.15, 0.2) is 29.4 Å². The highest BCUT2D eigenvalue weighted by atomic mass is 16.2. The van der Waals surface area contributed by atoms with Crippen LogP contribution < -0.4 is 10.9 Å². The van der Waals surface area contributed by atoms with Crippen molar-refractivity contribution in [1.29, 1.82) is 5.26 Å². The predicted molar refractivity (Wildman–Crippen MR) is 61.8 cm³/mol. The molecule has 17 heavy (non-hydrogen) atoms. The number of urea groups is 1. The summed E-state index contributed by atoms with van der Waals surface area (Å²) >= 11 is 0. The smallest absolute Gasteiger partial charge is 0.272 e. The van der Waals surface area contributed by atoms with Crippen LogP contribution in [0.3, 0.4) is 0 Å². The highest BCUT2D eigenvalue weighted by molar-refractivity contribution is 5.86. The number of rotatable bonds is 1. The first kappa shape index (κ1) is 11.1. The second-order valence-electron chi connectivity index (χ2n) is 3.43. The van der Waals surface area contributed by atoms with Gasteiger partial charge >= 0.3 is 6.03 Å². The predicted octanol–water partition coefficient (Wildman–Crippen LogP) is 0.745. The summed E-state index contributed by atoms with van der Waals surface area (Å²) < 4.78 is 0. The van der Waals surface area contributed by atoms with Gasteiger partial charge in [-0.3, -0.25) is 5.43 Å². The lowest BCUT2D eigenvalue weighted by Crippen LogP contribution is -2.45. The van der Waals surface area contributed by atoms with Gasteiger partial charge in [0.1, 0.15) is 0 Å². The Labute approximate surface area is 98.5 Å². The molecular formula is C11H11N5O. The van der Waals surface area contributed by atoms with Gasteiger partial charge in [-0.15, -0.1) is 0 Å². The lowest BCUT2D eigenvalue weighted by Gasteiger charge is -2.26. The van der Waals surface area contributed by atoms with Crippen molar-refractivity contribution in [2.45, 2.75) is 6.04 Å². The van der Waals surface area contributed by atoms with Crippen LogP contribution in [0.5, 0.6) is 0 Å². The molecular weight excluding hydrogens is 218 g/mol. The highest BCUT2D eigenvalue weighted by Gasteiger charge is 2.28. The van der Waals surface area contributed by atoms with E-state index in [9.17, 15) is 4.79 Å². The van der Waals surface area contributed by atoms with Gasteiger partial charge in [0, 0.05) is 12.6 Å². The van der Waals surface area contributed by atoms with Crippen molar-refractivity contribution in [2.24, 2.45) is 5.10 Å². The lowest BCUT2D eigenvalue weighted by molar-refractivity contribution is 0.185. The van der Waals surface area contributed by atoms with Crippen LogP contribution in [0.1, 0.15) is 17.2 Å². The summed E-state index contributed by atoms with van der Waals surface area (Å²) in [6.45, 7) is 0. The second kappa shape index (κ2) is 4.63. The Hall–Kier alpha value is -2.39. The SMILES string of the molecule is CNNC(=O)N1N=Cc2ccccc2C1C#N. The zero-order valence-corrected chi connectivity index (χ0v) is 9.21. The fourth-order valence-electron chi connectivity index (χ4n) is 1.66. The number of carbonyl (C=O) groups excluding carboxylic acids is 1. The molecule has 0 saturated heterocycles. The Morgan fingerprint density at radius 1 is 1.53 bits per heavy atom. The molecule has 0 bridgehead atoms. The number of amides is 2. The number of hydrazone groups is 1. The average Bonchev–Trinajstić information content (AvgIpc) is 2.37. The molecule has 6 nitrogen and oxygen atoms in total. The first-order chi connectivity index (χ1) is 8.27. The molecule has 1 aliphatic heterocycles. The van der Waals surface area contributed by atoms with Crippen LogP contribution >= 0.6 is 0 Å². The number of nitrogens with one attached hydrogen (secondary N) is 2. The average molecular weight is 229 g/mol. The van der Waals surface area contributed by atoms with Crippen LogP contribution in [0.2, 0.25) is 0 Å². The van der Waals surface area contributed by atoms with Gasteiger partial charge in [-0.1, -0.05) is 24.3 Å². The normalized spacial score (nSPS) is 17.2. The van der Waals surface area contributed by atoms with Crippen molar-refractivity contribution >= 4 is 12.2 Å². The quantitative estimate of drug-likeness (QED) is 0.697. The first-order valence-corrected chi connectivity index (χ1v) is 5.06. The third kappa shape index (κ3) is 1.96. The van der Waals surface area contributed by atoms with Crippen LogP contribution in [0.4, 0.5) is 4.79 Å². The fourth-order valence-corrected chi connectivity index (χ4v) is 1.66. The minimum absolute atomic E-state index is 0.468. The summed E-state index contributed by atoms with van der Waals surface area (Å²) in [4.78, 5) is 11.7. The van der Waals surface area contributed by atoms with Crippen molar-refractivity contribution in [3.8, 4) is 6.07 Å². The van der Waals surface area contributed by atoms with Crippen LogP contribution in [-0.2, 0) is 0 Å². The number of hydrazine groups is 1. The molecule has 2 rings (SSSR count). The van der Waals surface area contributed by atoms with Crippen molar-refractivity contribution in [3.63, 3.8) is 0 Å². The Morgan fingerprint density at radius 3 is 3.00 bits per heavy atom. The van der Waals surface area contributed by atoms with Gasteiger partial charge in [-0.25, -0.2) is 10.2 Å². The second-order valence-corrected chi connectivity index (χ2v) is 3.43. The van der Waals surface area contributed by atoms with E-state index >= 15 is 0 Å². The molecule has 1 aliphatic rings. The number of carbonyl (C=O) groups is 1. The van der Waals surface area contributed by atoms with Crippen molar-refractivity contribution in [2.75, 3.05) is 7.05 Å². The number of nitrogens with zero attached hydrogens (tertiary/aromatic N) is 3. The van der Waals surface area contributed by atoms with Crippen molar-refractivity contribution in [1.82, 2.24) is 15.9 Å². The van der Waals surface area contributed by atoms with Gasteiger partial charge in [0.2, 0.25) is 0 Å². The van der Waals surface area contributed by atoms with Gasteiger partial charge in [0.05, 0.1) is 12.3 Å². The number of hydrogen-bond acceptors (Lipinski definition) is 4. The van der Waals surface area contributed by atoms with Crippen LogP contribution in [-0.4, -0.2) is 24.3 Å². The molecule has 0 aromatic heterocycles. The van der Waals surface area contributed by atoms with Gasteiger partial charge in [0.15, 0.2) is 6.04 Å². The molecule has 1 atom stereocenters. The third-order valence-electron chi connectivity index (χ3n) is 2.42. The monoisotopic (exact) mass is 229 g/mol. The molecule has 2 amide bonds. The van der Waals surface area contributed by atoms with Crippen LogP contribution in [0, 0.1) is 11.3 Å². The molecule has 1 unspecified atom stereocenters. The zero-order valence-electron chi connectivity index (χ0n) is 9.21. The Kier molecular flexibility index (Phi) is 3.03. The van der Waals surface area contributed by atoms with E-state index in [1.54, 1.807) is 13.3 Å². The minimum atomic E-state index is -0.704. The van der Waals surface area contributed by atoms with E-state index in [0.717, 1.165) is 16.1 Å². The topological polar surface area (TPSA) is 80.5 Å². The lowest BCUT2D eigenvalue weighted by atomic mass is 10.0. The minimum Gasteiger partial charge on any atom is -0.272 e. The van der Waals surface area contributed by atoms with Crippen LogP contribution in [0.25, 0.3) is 0 Å². The van der Waals surface area contributed by atoms with E-state index in [4.69, 9.17) is 5.26 Å². The maximum Gasteiger partial charge on any atom is 0.353 e. The zero-order chi connectivity index (χ0) is 12.3. The summed E-state index contributed by atoms with van der Waals surface area (Å²) in [6, 6.07) is 8.27. The van der Waals surface area contributed by atoms with E-state index in [0.29, 0.717) is 0 Å². The summed E-state index contributed by atoms with van der Waals surface area (Å²) in [7, 11) is 1.57. The Balaban J connectivity index is 2.36. The van der Waals surface area contributed by atoms with Gasteiger partial charge in [0.25, 0.3) is 0 Å². The fraction of sp³-hybridized carbons (Fsp3) is 0.182. The maximum absolute atomic E-state index is 11.7. The van der Waals surface area contributed by atoms with Crippen molar-refractivity contribution in [3.05, 3.63) is 35.4 Å². The molecule has 0 aliphatic carbocycles. The highest BCUT2D eigenvalue weighted by Crippen LogP contribution is 2.26. The standard InChI is InChI=1S/C11H11N5O/c1-13-15-11(17)16-10(6-12)9-5-3-2-4-8(9)7-14-16/h2-5,7,10,13H,1H3,(H,15,17). The molecule has 1 aromatic carbocycles. The summed E-state index contributed by atoms with van der Waals surface area (Å²) in [6.07, 6.45) is 1.57. The van der Waals surface area contributed by atoms with E-state index in [2.05, 4.69) is 22.0 Å². The number of nitriles is 1. The Morgan fingerprint density at radius 2 is 2.29 bits per heavy atom. The molecule has 0 spiro atoms. The molecule has 6 heteroatoms. The molecule has 0 fully saturated rings. The molecule has 86 valence electrons. The van der Waals surface area contributed by atoms with Gasteiger partial charge in [-0.05, 0) is 5.56 Å². The van der Waals surface area contributed by atoms with E-state index in [1.165, 1.54) is 0 Å². The molecule has 0 saturated carbocycles. The van der Waals surface area contributed by atoms with E-state index in [-0.39, 0.29) is 0 Å². The molecule has 1 aromatic rings.